The molecular weight excluding hydrogens is 360 g/mol. The lowest BCUT2D eigenvalue weighted by atomic mass is 10.1. The van der Waals surface area contributed by atoms with Crippen LogP contribution in [0.3, 0.4) is 0 Å². The quantitative estimate of drug-likeness (QED) is 0.857. The third-order valence-corrected chi connectivity index (χ3v) is 4.98. The summed E-state index contributed by atoms with van der Waals surface area (Å²) in [7, 11) is 1.60. The fourth-order valence-corrected chi connectivity index (χ4v) is 3.51. The summed E-state index contributed by atoms with van der Waals surface area (Å²) < 4.78 is 16.4. The molecule has 28 heavy (non-hydrogen) atoms. The van der Waals surface area contributed by atoms with Gasteiger partial charge in [0.2, 0.25) is 11.8 Å². The van der Waals surface area contributed by atoms with E-state index in [0.717, 1.165) is 11.3 Å². The topological polar surface area (TPSA) is 77.1 Å². The van der Waals surface area contributed by atoms with Crippen LogP contribution in [0.15, 0.2) is 42.5 Å². The number of nitrogens with one attached hydrogen (secondary N) is 1. The molecule has 0 saturated carbocycles. The van der Waals surface area contributed by atoms with Gasteiger partial charge in [-0.2, -0.15) is 0 Å². The molecule has 0 bridgehead atoms. The molecule has 0 radical (unpaired) electrons. The third-order valence-electron chi connectivity index (χ3n) is 4.98. The molecule has 2 aliphatic rings. The summed E-state index contributed by atoms with van der Waals surface area (Å²) in [6.45, 7) is 1.70. The first kappa shape index (κ1) is 18.2. The standard InChI is InChI=1S/C21H22N2O5/c1-26-17-5-3-2-4-14(17)12-22-21(25)15-10-20(24)23(13-15)16-6-7-18-19(11-16)28-9-8-27-18/h2-7,11,15H,8-10,12-13H2,1H3,(H,22,25)/t15-/m0/s1. The first-order chi connectivity index (χ1) is 13.7. The zero-order valence-corrected chi connectivity index (χ0v) is 15.6. The summed E-state index contributed by atoms with van der Waals surface area (Å²) in [4.78, 5) is 26.7. The lowest BCUT2D eigenvalue weighted by Gasteiger charge is -2.22. The molecular formula is C21H22N2O5. The van der Waals surface area contributed by atoms with Gasteiger partial charge in [0.1, 0.15) is 19.0 Å². The van der Waals surface area contributed by atoms with E-state index >= 15 is 0 Å². The van der Waals surface area contributed by atoms with Crippen LogP contribution in [-0.2, 0) is 16.1 Å². The van der Waals surface area contributed by atoms with Crippen LogP contribution >= 0.6 is 0 Å². The Kier molecular flexibility index (Phi) is 5.06. The Balaban J connectivity index is 1.41. The predicted octanol–water partition coefficient (Wildman–Crippen LogP) is 2.14. The second-order valence-corrected chi connectivity index (χ2v) is 6.76. The number of nitrogens with zero attached hydrogens (tertiary/aromatic N) is 1. The van der Waals surface area contributed by atoms with Gasteiger partial charge in [-0.25, -0.2) is 0 Å². The van der Waals surface area contributed by atoms with E-state index in [1.165, 1.54) is 0 Å². The number of hydrogen-bond acceptors (Lipinski definition) is 5. The molecule has 2 aliphatic heterocycles. The Hall–Kier alpha value is -3.22. The molecule has 2 heterocycles. The molecule has 0 aromatic heterocycles. The SMILES string of the molecule is COc1ccccc1CNC(=O)[C@H]1CC(=O)N(c2ccc3c(c2)OCCO3)C1. The monoisotopic (exact) mass is 382 g/mol. The van der Waals surface area contributed by atoms with Gasteiger partial charge in [0, 0.05) is 36.8 Å². The molecule has 0 aliphatic carbocycles. The van der Waals surface area contributed by atoms with E-state index in [-0.39, 0.29) is 18.2 Å². The van der Waals surface area contributed by atoms with Gasteiger partial charge in [-0.1, -0.05) is 18.2 Å². The number of para-hydroxylation sites is 1. The predicted molar refractivity (Wildman–Crippen MR) is 103 cm³/mol. The van der Waals surface area contributed by atoms with Crippen LogP contribution in [0.4, 0.5) is 5.69 Å². The summed E-state index contributed by atoms with van der Waals surface area (Å²) in [5, 5.41) is 2.92. The van der Waals surface area contributed by atoms with Crippen LogP contribution in [-0.4, -0.2) is 38.7 Å². The van der Waals surface area contributed by atoms with Crippen molar-refractivity contribution in [3.05, 3.63) is 48.0 Å². The zero-order valence-electron chi connectivity index (χ0n) is 15.6. The second-order valence-electron chi connectivity index (χ2n) is 6.76. The second kappa shape index (κ2) is 7.80. The van der Waals surface area contributed by atoms with Crippen LogP contribution in [0.1, 0.15) is 12.0 Å². The van der Waals surface area contributed by atoms with Crippen molar-refractivity contribution in [1.29, 1.82) is 0 Å². The molecule has 146 valence electrons. The molecule has 0 spiro atoms. The molecule has 1 fully saturated rings. The summed E-state index contributed by atoms with van der Waals surface area (Å²) >= 11 is 0. The van der Waals surface area contributed by atoms with E-state index in [9.17, 15) is 9.59 Å². The van der Waals surface area contributed by atoms with Crippen molar-refractivity contribution in [3.63, 3.8) is 0 Å². The van der Waals surface area contributed by atoms with Crippen LogP contribution in [0.25, 0.3) is 0 Å². The highest BCUT2D eigenvalue weighted by Gasteiger charge is 2.35. The third kappa shape index (κ3) is 3.60. The lowest BCUT2D eigenvalue weighted by Crippen LogP contribution is -2.32. The number of fused-ring (bicyclic) bond motifs is 1. The molecule has 1 N–H and O–H groups in total. The van der Waals surface area contributed by atoms with Gasteiger partial charge in [0.25, 0.3) is 0 Å². The smallest absolute Gasteiger partial charge is 0.227 e. The van der Waals surface area contributed by atoms with Crippen LogP contribution in [0.2, 0.25) is 0 Å². The molecule has 4 rings (SSSR count). The summed E-state index contributed by atoms with van der Waals surface area (Å²) in [6.07, 6.45) is 0.187. The van der Waals surface area contributed by atoms with Gasteiger partial charge >= 0.3 is 0 Å². The Labute approximate surface area is 163 Å². The van der Waals surface area contributed by atoms with E-state index < -0.39 is 5.92 Å². The first-order valence-corrected chi connectivity index (χ1v) is 9.25. The molecule has 7 heteroatoms. The lowest BCUT2D eigenvalue weighted by molar-refractivity contribution is -0.126. The molecule has 2 aromatic rings. The fourth-order valence-electron chi connectivity index (χ4n) is 3.51. The van der Waals surface area contributed by atoms with Crippen molar-refractivity contribution in [3.8, 4) is 17.2 Å². The minimum atomic E-state index is -0.393. The molecule has 1 saturated heterocycles. The van der Waals surface area contributed by atoms with E-state index in [0.29, 0.717) is 43.5 Å². The van der Waals surface area contributed by atoms with Gasteiger partial charge in [0.05, 0.1) is 13.0 Å². The number of carbonyl (C=O) groups is 2. The number of benzene rings is 2. The highest BCUT2D eigenvalue weighted by Crippen LogP contribution is 2.36. The van der Waals surface area contributed by atoms with Crippen molar-refractivity contribution in [1.82, 2.24) is 5.32 Å². The van der Waals surface area contributed by atoms with Crippen molar-refractivity contribution in [2.45, 2.75) is 13.0 Å². The molecule has 7 nitrogen and oxygen atoms in total. The van der Waals surface area contributed by atoms with Gasteiger partial charge in [-0.3, -0.25) is 9.59 Å². The van der Waals surface area contributed by atoms with E-state index in [1.54, 1.807) is 24.1 Å². The number of amides is 2. The van der Waals surface area contributed by atoms with Gasteiger partial charge in [-0.05, 0) is 18.2 Å². The Morgan fingerprint density at radius 2 is 1.96 bits per heavy atom. The molecule has 2 amide bonds. The van der Waals surface area contributed by atoms with Crippen LogP contribution < -0.4 is 24.4 Å². The number of hydrogen-bond donors (Lipinski definition) is 1. The van der Waals surface area contributed by atoms with Crippen molar-refractivity contribution in [2.75, 3.05) is 31.8 Å². The molecule has 0 unspecified atom stereocenters. The highest BCUT2D eigenvalue weighted by atomic mass is 16.6. The van der Waals surface area contributed by atoms with Crippen molar-refractivity contribution in [2.24, 2.45) is 5.92 Å². The van der Waals surface area contributed by atoms with Gasteiger partial charge in [0.15, 0.2) is 11.5 Å². The van der Waals surface area contributed by atoms with Crippen molar-refractivity contribution < 1.29 is 23.8 Å². The summed E-state index contributed by atoms with van der Waals surface area (Å²) in [5.41, 5.74) is 1.61. The maximum atomic E-state index is 12.6. The summed E-state index contributed by atoms with van der Waals surface area (Å²) in [5.74, 6) is 1.42. The average Bonchev–Trinajstić information content (AvgIpc) is 3.13. The minimum absolute atomic E-state index is 0.0749. The maximum absolute atomic E-state index is 12.6. The Morgan fingerprint density at radius 1 is 1.18 bits per heavy atom. The minimum Gasteiger partial charge on any atom is -0.496 e. The first-order valence-electron chi connectivity index (χ1n) is 9.25. The Bertz CT molecular complexity index is 898. The molecule has 1 atom stereocenters. The highest BCUT2D eigenvalue weighted by molar-refractivity contribution is 6.00. The van der Waals surface area contributed by atoms with Gasteiger partial charge < -0.3 is 24.4 Å². The van der Waals surface area contributed by atoms with Gasteiger partial charge in [-0.15, -0.1) is 0 Å². The summed E-state index contributed by atoms with van der Waals surface area (Å²) in [6, 6.07) is 12.9. The average molecular weight is 382 g/mol. The van der Waals surface area contributed by atoms with Crippen LogP contribution in [0, 0.1) is 5.92 Å². The number of ether oxygens (including phenoxy) is 3. The van der Waals surface area contributed by atoms with E-state index in [2.05, 4.69) is 5.32 Å². The number of rotatable bonds is 5. The molecule has 2 aromatic carbocycles. The maximum Gasteiger partial charge on any atom is 0.227 e. The number of anilines is 1. The normalized spacial score (nSPS) is 18.1. The zero-order chi connectivity index (χ0) is 19.5. The van der Waals surface area contributed by atoms with Crippen molar-refractivity contribution >= 4 is 17.5 Å². The van der Waals surface area contributed by atoms with E-state index in [4.69, 9.17) is 14.2 Å². The van der Waals surface area contributed by atoms with E-state index in [1.807, 2.05) is 30.3 Å². The Morgan fingerprint density at radius 3 is 2.79 bits per heavy atom. The fraction of sp³-hybridized carbons (Fsp3) is 0.333. The van der Waals surface area contributed by atoms with Crippen LogP contribution in [0.5, 0.6) is 17.2 Å². The number of methoxy groups -OCH3 is 1. The largest absolute Gasteiger partial charge is 0.496 e. The number of carbonyl (C=O) groups excluding carboxylic acids is 2.